The zero-order valence-electron chi connectivity index (χ0n) is 14.8. The molecule has 1 aliphatic heterocycles. The number of para-hydroxylation sites is 1. The Morgan fingerprint density at radius 1 is 1.19 bits per heavy atom. The Labute approximate surface area is 162 Å². The molecular weight excluding hydrogens is 362 g/mol. The number of nitrogens with one attached hydrogen (secondary N) is 1. The van der Waals surface area contributed by atoms with Crippen molar-refractivity contribution in [2.75, 3.05) is 23.9 Å². The zero-order valence-corrected chi connectivity index (χ0v) is 15.5. The number of aromatic nitrogens is 1. The minimum Gasteiger partial charge on any atom is -0.495 e. The second kappa shape index (κ2) is 7.29. The van der Waals surface area contributed by atoms with Crippen LogP contribution in [0.3, 0.4) is 0 Å². The predicted octanol–water partition coefficient (Wildman–Crippen LogP) is 4.69. The molecule has 5 nitrogen and oxygen atoms in total. The van der Waals surface area contributed by atoms with E-state index in [1.165, 1.54) is 11.3 Å². The van der Waals surface area contributed by atoms with Crippen LogP contribution in [0.15, 0.2) is 60.8 Å². The fourth-order valence-corrected chi connectivity index (χ4v) is 3.51. The van der Waals surface area contributed by atoms with Crippen LogP contribution in [-0.2, 0) is 6.42 Å². The zero-order chi connectivity index (χ0) is 18.8. The number of benzene rings is 2. The van der Waals surface area contributed by atoms with E-state index in [4.69, 9.17) is 16.3 Å². The molecule has 1 aliphatic rings. The summed E-state index contributed by atoms with van der Waals surface area (Å²) in [5.41, 5.74) is 4.38. The number of nitrogens with zero attached hydrogens (tertiary/aromatic N) is 2. The maximum absolute atomic E-state index is 12.6. The standard InChI is InChI=1S/C21H18ClN3O2/c1-27-20-7-6-15(12-17(20)22)24-21(26)18-13-16(8-10-23-18)25-11-9-14-4-2-3-5-19(14)25/h2-8,10,12-13H,9,11H2,1H3,(H,24,26). The van der Waals surface area contributed by atoms with Gasteiger partial charge in [-0.2, -0.15) is 0 Å². The first-order valence-corrected chi connectivity index (χ1v) is 9.00. The summed E-state index contributed by atoms with van der Waals surface area (Å²) in [5, 5.41) is 3.26. The molecule has 0 radical (unpaired) electrons. The molecule has 0 fully saturated rings. The van der Waals surface area contributed by atoms with Crippen molar-refractivity contribution in [2.45, 2.75) is 6.42 Å². The summed E-state index contributed by atoms with van der Waals surface area (Å²) in [4.78, 5) is 19.1. The lowest BCUT2D eigenvalue weighted by Crippen LogP contribution is -2.17. The molecule has 0 saturated heterocycles. The van der Waals surface area contributed by atoms with Gasteiger partial charge in [-0.05, 0) is 48.4 Å². The molecular formula is C21H18ClN3O2. The molecule has 0 atom stereocenters. The fraction of sp³-hybridized carbons (Fsp3) is 0.143. The number of halogens is 1. The Hall–Kier alpha value is -3.05. The molecule has 6 heteroatoms. The predicted molar refractivity (Wildman–Crippen MR) is 107 cm³/mol. The van der Waals surface area contributed by atoms with Gasteiger partial charge >= 0.3 is 0 Å². The van der Waals surface area contributed by atoms with Crippen LogP contribution < -0.4 is 15.0 Å². The molecule has 3 aromatic rings. The van der Waals surface area contributed by atoms with Gasteiger partial charge in [-0.15, -0.1) is 0 Å². The van der Waals surface area contributed by atoms with Crippen LogP contribution >= 0.6 is 11.6 Å². The summed E-state index contributed by atoms with van der Waals surface area (Å²) in [7, 11) is 1.55. The number of anilines is 3. The number of ether oxygens (including phenoxy) is 1. The Morgan fingerprint density at radius 3 is 2.85 bits per heavy atom. The third-order valence-electron chi connectivity index (χ3n) is 4.58. The van der Waals surface area contributed by atoms with Crippen molar-refractivity contribution in [3.63, 3.8) is 0 Å². The molecule has 0 bridgehead atoms. The Balaban J connectivity index is 1.56. The van der Waals surface area contributed by atoms with Gasteiger partial charge in [-0.25, -0.2) is 0 Å². The highest BCUT2D eigenvalue weighted by Gasteiger charge is 2.21. The van der Waals surface area contributed by atoms with E-state index < -0.39 is 0 Å². The summed E-state index contributed by atoms with van der Waals surface area (Å²) in [6.45, 7) is 0.887. The van der Waals surface area contributed by atoms with E-state index in [2.05, 4.69) is 27.3 Å². The van der Waals surface area contributed by atoms with Crippen LogP contribution in [0.4, 0.5) is 17.1 Å². The molecule has 1 aromatic heterocycles. The van der Waals surface area contributed by atoms with Gasteiger partial charge in [0.05, 0.1) is 12.1 Å². The highest BCUT2D eigenvalue weighted by molar-refractivity contribution is 6.32. The van der Waals surface area contributed by atoms with Crippen molar-refractivity contribution in [1.82, 2.24) is 4.98 Å². The number of hydrogen-bond donors (Lipinski definition) is 1. The van der Waals surface area contributed by atoms with E-state index in [1.54, 1.807) is 31.5 Å². The van der Waals surface area contributed by atoms with E-state index in [9.17, 15) is 4.79 Å². The van der Waals surface area contributed by atoms with Crippen LogP contribution in [0.2, 0.25) is 5.02 Å². The van der Waals surface area contributed by atoms with Gasteiger partial charge in [0.2, 0.25) is 0 Å². The van der Waals surface area contributed by atoms with Crippen molar-refractivity contribution in [1.29, 1.82) is 0 Å². The number of methoxy groups -OCH3 is 1. The first-order valence-electron chi connectivity index (χ1n) is 8.62. The molecule has 0 unspecified atom stereocenters. The Morgan fingerprint density at radius 2 is 2.04 bits per heavy atom. The van der Waals surface area contributed by atoms with Gasteiger partial charge in [-0.3, -0.25) is 9.78 Å². The lowest BCUT2D eigenvalue weighted by molar-refractivity contribution is 0.102. The SMILES string of the molecule is COc1ccc(NC(=O)c2cc(N3CCc4ccccc43)ccn2)cc1Cl. The third kappa shape index (κ3) is 3.46. The summed E-state index contributed by atoms with van der Waals surface area (Å²) in [6.07, 6.45) is 2.65. The van der Waals surface area contributed by atoms with Crippen LogP contribution in [-0.4, -0.2) is 24.5 Å². The molecule has 2 heterocycles. The fourth-order valence-electron chi connectivity index (χ4n) is 3.26. The third-order valence-corrected chi connectivity index (χ3v) is 4.88. The topological polar surface area (TPSA) is 54.5 Å². The average molecular weight is 380 g/mol. The van der Waals surface area contributed by atoms with Crippen LogP contribution in [0.25, 0.3) is 0 Å². The largest absolute Gasteiger partial charge is 0.495 e. The number of rotatable bonds is 4. The van der Waals surface area contributed by atoms with Crippen molar-refractivity contribution < 1.29 is 9.53 Å². The second-order valence-corrected chi connectivity index (χ2v) is 6.64. The molecule has 2 aromatic carbocycles. The van der Waals surface area contributed by atoms with Gasteiger partial charge in [0, 0.05) is 29.8 Å². The molecule has 0 aliphatic carbocycles. The quantitative estimate of drug-likeness (QED) is 0.714. The number of pyridine rings is 1. The molecule has 0 spiro atoms. The van der Waals surface area contributed by atoms with E-state index >= 15 is 0 Å². The first kappa shape index (κ1) is 17.4. The van der Waals surface area contributed by atoms with Gasteiger partial charge < -0.3 is 15.0 Å². The molecule has 27 heavy (non-hydrogen) atoms. The van der Waals surface area contributed by atoms with E-state index in [1.807, 2.05) is 24.3 Å². The minimum absolute atomic E-state index is 0.287. The van der Waals surface area contributed by atoms with E-state index in [0.29, 0.717) is 22.2 Å². The lowest BCUT2D eigenvalue weighted by Gasteiger charge is -2.20. The first-order chi connectivity index (χ1) is 13.2. The molecule has 1 N–H and O–H groups in total. The number of fused-ring (bicyclic) bond motifs is 1. The summed E-state index contributed by atoms with van der Waals surface area (Å²) < 4.78 is 5.13. The number of carbonyl (C=O) groups is 1. The normalized spacial score (nSPS) is 12.6. The van der Waals surface area contributed by atoms with Crippen molar-refractivity contribution in [3.8, 4) is 5.75 Å². The summed E-state index contributed by atoms with van der Waals surface area (Å²) >= 11 is 6.12. The van der Waals surface area contributed by atoms with Gasteiger partial charge in [0.15, 0.2) is 0 Å². The number of carbonyl (C=O) groups excluding carboxylic acids is 1. The number of amides is 1. The summed E-state index contributed by atoms with van der Waals surface area (Å²) in [5.74, 6) is 0.271. The Kier molecular flexibility index (Phi) is 4.69. The van der Waals surface area contributed by atoms with Gasteiger partial charge in [-0.1, -0.05) is 29.8 Å². The van der Waals surface area contributed by atoms with Gasteiger partial charge in [0.25, 0.3) is 5.91 Å². The minimum atomic E-state index is -0.287. The van der Waals surface area contributed by atoms with Crippen molar-refractivity contribution in [3.05, 3.63) is 77.1 Å². The van der Waals surface area contributed by atoms with Gasteiger partial charge in [0.1, 0.15) is 11.4 Å². The van der Waals surface area contributed by atoms with Crippen LogP contribution in [0.1, 0.15) is 16.1 Å². The highest BCUT2D eigenvalue weighted by Crippen LogP contribution is 2.34. The highest BCUT2D eigenvalue weighted by atomic mass is 35.5. The van der Waals surface area contributed by atoms with Crippen molar-refractivity contribution >= 4 is 34.6 Å². The maximum Gasteiger partial charge on any atom is 0.274 e. The average Bonchev–Trinajstić information content (AvgIpc) is 3.12. The molecule has 1 amide bonds. The number of hydrogen-bond acceptors (Lipinski definition) is 4. The van der Waals surface area contributed by atoms with E-state index in [0.717, 1.165) is 18.7 Å². The van der Waals surface area contributed by atoms with Crippen LogP contribution in [0.5, 0.6) is 5.75 Å². The van der Waals surface area contributed by atoms with Crippen molar-refractivity contribution in [2.24, 2.45) is 0 Å². The van der Waals surface area contributed by atoms with Crippen LogP contribution in [0, 0.1) is 0 Å². The molecule has 136 valence electrons. The molecule has 0 saturated carbocycles. The smallest absolute Gasteiger partial charge is 0.274 e. The monoisotopic (exact) mass is 379 g/mol. The second-order valence-electron chi connectivity index (χ2n) is 6.23. The summed E-state index contributed by atoms with van der Waals surface area (Å²) in [6, 6.07) is 17.1. The molecule has 4 rings (SSSR count). The Bertz CT molecular complexity index is 1010. The van der Waals surface area contributed by atoms with E-state index in [-0.39, 0.29) is 5.91 Å². The maximum atomic E-state index is 12.6. The lowest BCUT2D eigenvalue weighted by atomic mass is 10.2.